The Bertz CT molecular complexity index is 392. The molecule has 14 heavy (non-hydrogen) atoms. The molecule has 0 atom stereocenters. The summed E-state index contributed by atoms with van der Waals surface area (Å²) in [5.74, 6) is 0.691. The summed E-state index contributed by atoms with van der Waals surface area (Å²) in [5.41, 5.74) is 0.696. The molecule has 0 spiro atoms. The van der Waals surface area contributed by atoms with Gasteiger partial charge in [-0.15, -0.1) is 0 Å². The first-order valence-corrected chi connectivity index (χ1v) is 5.13. The van der Waals surface area contributed by atoms with Crippen LogP contribution in [0.1, 0.15) is 16.1 Å². The molecule has 0 bridgehead atoms. The molecule has 0 aromatic carbocycles. The first kappa shape index (κ1) is 9.02. The standard InChI is InChI=1S/C10H9NO2S/c12-10(8-3-5-14-7-8)11-6-9-2-1-4-13-9/h1-5,7H,6H2,(H,11,12). The fourth-order valence-corrected chi connectivity index (χ4v) is 1.71. The van der Waals surface area contributed by atoms with Gasteiger partial charge in [0.15, 0.2) is 0 Å². The Hall–Kier alpha value is -1.55. The maximum absolute atomic E-state index is 11.5. The maximum atomic E-state index is 11.5. The van der Waals surface area contributed by atoms with Gasteiger partial charge in [0.2, 0.25) is 0 Å². The van der Waals surface area contributed by atoms with E-state index in [1.807, 2.05) is 16.8 Å². The molecule has 1 amide bonds. The number of carbonyl (C=O) groups is 1. The van der Waals surface area contributed by atoms with E-state index in [1.165, 1.54) is 11.3 Å². The van der Waals surface area contributed by atoms with E-state index in [0.717, 1.165) is 5.76 Å². The van der Waals surface area contributed by atoms with Crippen molar-refractivity contribution >= 4 is 17.2 Å². The van der Waals surface area contributed by atoms with Gasteiger partial charge in [-0.1, -0.05) is 0 Å². The Morgan fingerprint density at radius 1 is 1.50 bits per heavy atom. The topological polar surface area (TPSA) is 42.2 Å². The molecule has 3 nitrogen and oxygen atoms in total. The highest BCUT2D eigenvalue weighted by molar-refractivity contribution is 7.08. The van der Waals surface area contributed by atoms with Crippen LogP contribution in [0, 0.1) is 0 Å². The molecule has 0 saturated heterocycles. The van der Waals surface area contributed by atoms with Crippen molar-refractivity contribution in [2.24, 2.45) is 0 Å². The van der Waals surface area contributed by atoms with Gasteiger partial charge in [-0.3, -0.25) is 4.79 Å². The van der Waals surface area contributed by atoms with Crippen LogP contribution in [-0.4, -0.2) is 5.91 Å². The van der Waals surface area contributed by atoms with Crippen molar-refractivity contribution in [2.45, 2.75) is 6.54 Å². The Kier molecular flexibility index (Phi) is 2.65. The number of carbonyl (C=O) groups excluding carboxylic acids is 1. The zero-order chi connectivity index (χ0) is 9.80. The van der Waals surface area contributed by atoms with Crippen molar-refractivity contribution in [3.63, 3.8) is 0 Å². The molecule has 0 aliphatic heterocycles. The van der Waals surface area contributed by atoms with Crippen molar-refractivity contribution < 1.29 is 9.21 Å². The highest BCUT2D eigenvalue weighted by atomic mass is 32.1. The number of amides is 1. The second kappa shape index (κ2) is 4.11. The number of furan rings is 1. The third kappa shape index (κ3) is 2.03. The second-order valence-electron chi connectivity index (χ2n) is 2.77. The van der Waals surface area contributed by atoms with Crippen LogP contribution < -0.4 is 5.32 Å². The fraction of sp³-hybridized carbons (Fsp3) is 0.100. The quantitative estimate of drug-likeness (QED) is 0.838. The van der Waals surface area contributed by atoms with Crippen LogP contribution in [0.15, 0.2) is 39.6 Å². The van der Waals surface area contributed by atoms with Gasteiger partial charge >= 0.3 is 0 Å². The molecule has 0 aliphatic rings. The van der Waals surface area contributed by atoms with Gasteiger partial charge in [-0.2, -0.15) is 11.3 Å². The van der Waals surface area contributed by atoms with Crippen LogP contribution in [0.5, 0.6) is 0 Å². The average molecular weight is 207 g/mol. The molecule has 72 valence electrons. The summed E-state index contributed by atoms with van der Waals surface area (Å²) in [5, 5.41) is 6.46. The van der Waals surface area contributed by atoms with Crippen molar-refractivity contribution in [3.8, 4) is 0 Å². The first-order valence-electron chi connectivity index (χ1n) is 4.19. The molecule has 1 N–H and O–H groups in total. The zero-order valence-corrected chi connectivity index (χ0v) is 8.21. The highest BCUT2D eigenvalue weighted by Gasteiger charge is 2.05. The molecule has 2 aromatic rings. The monoisotopic (exact) mass is 207 g/mol. The van der Waals surface area contributed by atoms with Crippen LogP contribution in [0.2, 0.25) is 0 Å². The van der Waals surface area contributed by atoms with E-state index < -0.39 is 0 Å². The molecule has 0 fully saturated rings. The summed E-state index contributed by atoms with van der Waals surface area (Å²) in [6.07, 6.45) is 1.59. The lowest BCUT2D eigenvalue weighted by atomic mass is 10.3. The Morgan fingerprint density at radius 2 is 2.43 bits per heavy atom. The minimum absolute atomic E-state index is 0.0670. The van der Waals surface area contributed by atoms with E-state index in [4.69, 9.17) is 4.42 Å². The number of thiophene rings is 1. The maximum Gasteiger partial charge on any atom is 0.252 e. The van der Waals surface area contributed by atoms with E-state index in [9.17, 15) is 4.79 Å². The summed E-state index contributed by atoms with van der Waals surface area (Å²) < 4.78 is 5.09. The molecule has 0 unspecified atom stereocenters. The van der Waals surface area contributed by atoms with Crippen molar-refractivity contribution in [1.82, 2.24) is 5.32 Å². The van der Waals surface area contributed by atoms with Gasteiger partial charge < -0.3 is 9.73 Å². The predicted molar refractivity (Wildman–Crippen MR) is 54.2 cm³/mol. The third-order valence-electron chi connectivity index (χ3n) is 1.79. The predicted octanol–water partition coefficient (Wildman–Crippen LogP) is 2.27. The van der Waals surface area contributed by atoms with Crippen LogP contribution >= 0.6 is 11.3 Å². The molecule has 0 aliphatic carbocycles. The largest absolute Gasteiger partial charge is 0.467 e. The lowest BCUT2D eigenvalue weighted by Gasteiger charge is -1.99. The van der Waals surface area contributed by atoms with Gasteiger partial charge in [0.05, 0.1) is 12.8 Å². The van der Waals surface area contributed by atoms with Crippen molar-refractivity contribution in [2.75, 3.05) is 0 Å². The van der Waals surface area contributed by atoms with Crippen LogP contribution in [-0.2, 0) is 6.54 Å². The van der Waals surface area contributed by atoms with E-state index in [1.54, 1.807) is 18.4 Å². The van der Waals surface area contributed by atoms with Crippen LogP contribution in [0.25, 0.3) is 0 Å². The summed E-state index contributed by atoms with van der Waals surface area (Å²) >= 11 is 1.51. The minimum atomic E-state index is -0.0670. The summed E-state index contributed by atoms with van der Waals surface area (Å²) in [7, 11) is 0. The second-order valence-corrected chi connectivity index (χ2v) is 3.55. The Balaban J connectivity index is 1.90. The van der Waals surface area contributed by atoms with Crippen LogP contribution in [0.3, 0.4) is 0 Å². The van der Waals surface area contributed by atoms with E-state index in [2.05, 4.69) is 5.32 Å². The number of hydrogen-bond acceptors (Lipinski definition) is 3. The van der Waals surface area contributed by atoms with Crippen LogP contribution in [0.4, 0.5) is 0 Å². The normalized spacial score (nSPS) is 10.0. The number of rotatable bonds is 3. The van der Waals surface area contributed by atoms with Gasteiger partial charge in [-0.05, 0) is 23.6 Å². The fourth-order valence-electron chi connectivity index (χ4n) is 1.08. The summed E-state index contributed by atoms with van der Waals surface area (Å²) in [6, 6.07) is 5.42. The lowest BCUT2D eigenvalue weighted by Crippen LogP contribution is -2.21. The molecular formula is C10H9NO2S. The molecule has 2 heterocycles. The Morgan fingerprint density at radius 3 is 3.07 bits per heavy atom. The van der Waals surface area contributed by atoms with Crippen molar-refractivity contribution in [1.29, 1.82) is 0 Å². The van der Waals surface area contributed by atoms with Gasteiger partial charge in [0, 0.05) is 10.9 Å². The molecule has 0 saturated carbocycles. The molecule has 4 heteroatoms. The summed E-state index contributed by atoms with van der Waals surface area (Å²) in [4.78, 5) is 11.5. The SMILES string of the molecule is O=C(NCc1ccco1)c1ccsc1. The minimum Gasteiger partial charge on any atom is -0.467 e. The number of nitrogens with one attached hydrogen (secondary N) is 1. The first-order chi connectivity index (χ1) is 6.86. The van der Waals surface area contributed by atoms with Crippen molar-refractivity contribution in [3.05, 3.63) is 46.5 Å². The molecule has 0 radical (unpaired) electrons. The zero-order valence-electron chi connectivity index (χ0n) is 7.40. The van der Waals surface area contributed by atoms with Gasteiger partial charge in [0.1, 0.15) is 5.76 Å². The van der Waals surface area contributed by atoms with E-state index in [0.29, 0.717) is 12.1 Å². The third-order valence-corrected chi connectivity index (χ3v) is 2.47. The van der Waals surface area contributed by atoms with Gasteiger partial charge in [0.25, 0.3) is 5.91 Å². The smallest absolute Gasteiger partial charge is 0.252 e. The van der Waals surface area contributed by atoms with E-state index >= 15 is 0 Å². The van der Waals surface area contributed by atoms with Gasteiger partial charge in [-0.25, -0.2) is 0 Å². The molecule has 2 rings (SSSR count). The summed E-state index contributed by atoms with van der Waals surface area (Å²) in [6.45, 7) is 0.432. The highest BCUT2D eigenvalue weighted by Crippen LogP contribution is 2.06. The molecule has 2 aromatic heterocycles. The number of hydrogen-bond donors (Lipinski definition) is 1. The lowest BCUT2D eigenvalue weighted by molar-refractivity contribution is 0.0948. The van der Waals surface area contributed by atoms with E-state index in [-0.39, 0.29) is 5.91 Å². The molecular weight excluding hydrogens is 198 g/mol. The Labute approximate surface area is 85.4 Å². The average Bonchev–Trinajstić information content (AvgIpc) is 2.87.